The van der Waals surface area contributed by atoms with Crippen molar-refractivity contribution in [3.63, 3.8) is 0 Å². The van der Waals surface area contributed by atoms with Gasteiger partial charge >= 0.3 is 0 Å². The number of methoxy groups -OCH3 is 1. The molecule has 0 spiro atoms. The van der Waals surface area contributed by atoms with Crippen LogP contribution in [0.25, 0.3) is 0 Å². The van der Waals surface area contributed by atoms with E-state index in [2.05, 4.69) is 20.8 Å². The summed E-state index contributed by atoms with van der Waals surface area (Å²) >= 11 is 1.28. The Morgan fingerprint density at radius 3 is 2.69 bits per heavy atom. The number of nitrogens with one attached hydrogen (secondary N) is 2. The van der Waals surface area contributed by atoms with E-state index in [9.17, 15) is 9.59 Å². The maximum absolute atomic E-state index is 12.5. The summed E-state index contributed by atoms with van der Waals surface area (Å²) in [4.78, 5) is 24.9. The van der Waals surface area contributed by atoms with E-state index in [0.29, 0.717) is 28.6 Å². The molecule has 1 heterocycles. The number of aryl methyl sites for hydroxylation is 1. The fourth-order valence-corrected chi connectivity index (χ4v) is 3.55. The lowest BCUT2D eigenvalue weighted by Gasteiger charge is -2.10. The zero-order valence-electron chi connectivity index (χ0n) is 16.3. The van der Waals surface area contributed by atoms with Gasteiger partial charge in [0.1, 0.15) is 10.8 Å². The van der Waals surface area contributed by atoms with Crippen LogP contribution in [-0.4, -0.2) is 29.1 Å². The van der Waals surface area contributed by atoms with Gasteiger partial charge < -0.3 is 15.4 Å². The molecule has 1 aromatic heterocycles. The topological polar surface area (TPSA) is 93.2 Å². The maximum atomic E-state index is 12.5. The number of hydrogen-bond acceptors (Lipinski definition) is 6. The van der Waals surface area contributed by atoms with Crippen molar-refractivity contribution in [2.24, 2.45) is 0 Å². The first kappa shape index (κ1) is 20.5. The smallest absolute Gasteiger partial charge is 0.286 e. The highest BCUT2D eigenvalue weighted by molar-refractivity contribution is 7.13. The first-order valence-electron chi connectivity index (χ1n) is 9.24. The minimum absolute atomic E-state index is 0.242. The van der Waals surface area contributed by atoms with E-state index in [0.717, 1.165) is 23.4 Å². The molecular weight excluding hydrogens is 388 g/mol. The Balaban J connectivity index is 1.63. The summed E-state index contributed by atoms with van der Waals surface area (Å²) in [5.41, 5.74) is 1.85. The number of carbonyl (C=O) groups excluding carboxylic acids is 2. The summed E-state index contributed by atoms with van der Waals surface area (Å²) in [5, 5.41) is 14.7. The molecule has 0 aliphatic carbocycles. The molecule has 0 fully saturated rings. The average molecular weight is 410 g/mol. The Labute approximate surface area is 173 Å². The van der Waals surface area contributed by atoms with E-state index in [-0.39, 0.29) is 11.8 Å². The zero-order chi connectivity index (χ0) is 20.6. The maximum Gasteiger partial charge on any atom is 0.286 e. The van der Waals surface area contributed by atoms with Gasteiger partial charge in [-0.25, -0.2) is 0 Å². The van der Waals surface area contributed by atoms with Gasteiger partial charge in [0, 0.05) is 29.8 Å². The Morgan fingerprint density at radius 1 is 1.07 bits per heavy atom. The third kappa shape index (κ3) is 5.39. The number of para-hydroxylation sites is 1. The van der Waals surface area contributed by atoms with Crippen LogP contribution in [0.5, 0.6) is 5.75 Å². The van der Waals surface area contributed by atoms with Gasteiger partial charge in [0.05, 0.1) is 7.11 Å². The molecule has 0 radical (unpaired) electrons. The molecule has 0 bridgehead atoms. The second kappa shape index (κ2) is 9.79. The van der Waals surface area contributed by atoms with Gasteiger partial charge in [-0.15, -0.1) is 10.2 Å². The minimum Gasteiger partial charge on any atom is -0.496 e. The lowest BCUT2D eigenvalue weighted by molar-refractivity contribution is 0.0949. The molecule has 0 atom stereocenters. The van der Waals surface area contributed by atoms with Crippen LogP contribution in [0.2, 0.25) is 0 Å². The summed E-state index contributed by atoms with van der Waals surface area (Å²) < 4.78 is 5.30. The number of hydrogen-bond donors (Lipinski definition) is 2. The van der Waals surface area contributed by atoms with Crippen molar-refractivity contribution in [3.05, 3.63) is 69.7 Å². The number of rotatable bonds is 8. The number of carbonyl (C=O) groups is 2. The van der Waals surface area contributed by atoms with Crippen LogP contribution in [0.3, 0.4) is 0 Å². The summed E-state index contributed by atoms with van der Waals surface area (Å²) in [7, 11) is 1.59. The second-order valence-corrected chi connectivity index (χ2v) is 7.34. The number of anilines is 1. The average Bonchev–Trinajstić information content (AvgIpc) is 3.21. The van der Waals surface area contributed by atoms with Crippen LogP contribution in [0.4, 0.5) is 5.69 Å². The summed E-state index contributed by atoms with van der Waals surface area (Å²) in [6.45, 7) is 2.38. The van der Waals surface area contributed by atoms with Crippen LogP contribution < -0.4 is 15.4 Å². The molecule has 7 nitrogen and oxygen atoms in total. The number of ether oxygens (including phenoxy) is 1. The molecule has 0 aliphatic rings. The van der Waals surface area contributed by atoms with Crippen LogP contribution in [0.1, 0.15) is 44.1 Å². The molecule has 0 aliphatic heterocycles. The first-order chi connectivity index (χ1) is 14.1. The number of aromatic nitrogens is 2. The third-order valence-electron chi connectivity index (χ3n) is 4.14. The molecule has 0 unspecified atom stereocenters. The van der Waals surface area contributed by atoms with Gasteiger partial charge in [-0.2, -0.15) is 0 Å². The molecule has 29 heavy (non-hydrogen) atoms. The van der Waals surface area contributed by atoms with Crippen molar-refractivity contribution in [3.8, 4) is 5.75 Å². The van der Waals surface area contributed by atoms with E-state index < -0.39 is 0 Å². The highest BCUT2D eigenvalue weighted by Gasteiger charge is 2.14. The molecule has 2 N–H and O–H groups in total. The van der Waals surface area contributed by atoms with E-state index in [1.165, 1.54) is 11.3 Å². The molecule has 3 rings (SSSR count). The molecule has 2 aromatic carbocycles. The Kier molecular flexibility index (Phi) is 6.91. The summed E-state index contributed by atoms with van der Waals surface area (Å²) in [6, 6.07) is 14.3. The van der Waals surface area contributed by atoms with Crippen molar-refractivity contribution >= 4 is 28.8 Å². The SMILES string of the molecule is CCCc1nnc(C(=O)Nc2cccc(C(=O)NCc3ccccc3OC)c2)s1. The lowest BCUT2D eigenvalue weighted by atomic mass is 10.1. The standard InChI is InChI=1S/C21H22N4O3S/c1-3-7-18-24-25-21(29-18)20(27)23-16-10-6-9-14(12-16)19(26)22-13-15-8-4-5-11-17(15)28-2/h4-6,8-12H,3,7,13H2,1-2H3,(H,22,26)(H,23,27). The molecule has 0 saturated carbocycles. The Morgan fingerprint density at radius 2 is 1.90 bits per heavy atom. The fraction of sp³-hybridized carbons (Fsp3) is 0.238. The number of amides is 2. The highest BCUT2D eigenvalue weighted by atomic mass is 32.1. The number of benzene rings is 2. The van der Waals surface area contributed by atoms with Crippen molar-refractivity contribution in [2.45, 2.75) is 26.3 Å². The van der Waals surface area contributed by atoms with E-state index >= 15 is 0 Å². The Hall–Kier alpha value is -3.26. The van der Waals surface area contributed by atoms with E-state index in [1.807, 2.05) is 31.2 Å². The largest absolute Gasteiger partial charge is 0.496 e. The number of nitrogens with zero attached hydrogens (tertiary/aromatic N) is 2. The monoisotopic (exact) mass is 410 g/mol. The first-order valence-corrected chi connectivity index (χ1v) is 10.1. The van der Waals surface area contributed by atoms with Gasteiger partial charge in [-0.05, 0) is 30.7 Å². The molecule has 0 saturated heterocycles. The molecule has 2 amide bonds. The third-order valence-corrected chi connectivity index (χ3v) is 5.12. The van der Waals surface area contributed by atoms with E-state index in [4.69, 9.17) is 4.74 Å². The lowest BCUT2D eigenvalue weighted by Crippen LogP contribution is -2.23. The fourth-order valence-electron chi connectivity index (χ4n) is 2.71. The van der Waals surface area contributed by atoms with Gasteiger partial charge in [0.25, 0.3) is 11.8 Å². The highest BCUT2D eigenvalue weighted by Crippen LogP contribution is 2.18. The van der Waals surface area contributed by atoms with Crippen LogP contribution in [-0.2, 0) is 13.0 Å². The van der Waals surface area contributed by atoms with Crippen LogP contribution in [0, 0.1) is 0 Å². The summed E-state index contributed by atoms with van der Waals surface area (Å²) in [6.07, 6.45) is 1.75. The van der Waals surface area contributed by atoms with Crippen molar-refractivity contribution in [2.75, 3.05) is 12.4 Å². The zero-order valence-corrected chi connectivity index (χ0v) is 17.1. The van der Waals surface area contributed by atoms with Crippen molar-refractivity contribution in [1.29, 1.82) is 0 Å². The summed E-state index contributed by atoms with van der Waals surface area (Å²) in [5.74, 6) is 0.137. The Bertz CT molecular complexity index is 1000. The van der Waals surface area contributed by atoms with Crippen molar-refractivity contribution in [1.82, 2.24) is 15.5 Å². The molecule has 8 heteroatoms. The molecule has 150 valence electrons. The van der Waals surface area contributed by atoms with Crippen LogP contribution in [0.15, 0.2) is 48.5 Å². The van der Waals surface area contributed by atoms with Crippen LogP contribution >= 0.6 is 11.3 Å². The van der Waals surface area contributed by atoms with Crippen molar-refractivity contribution < 1.29 is 14.3 Å². The van der Waals surface area contributed by atoms with Gasteiger partial charge in [-0.3, -0.25) is 9.59 Å². The van der Waals surface area contributed by atoms with E-state index in [1.54, 1.807) is 31.4 Å². The predicted molar refractivity (Wildman–Crippen MR) is 112 cm³/mol. The normalized spacial score (nSPS) is 10.4. The van der Waals surface area contributed by atoms with Gasteiger partial charge in [0.2, 0.25) is 5.01 Å². The van der Waals surface area contributed by atoms with Gasteiger partial charge in [-0.1, -0.05) is 42.5 Å². The quantitative estimate of drug-likeness (QED) is 0.591. The second-order valence-electron chi connectivity index (χ2n) is 6.28. The molecule has 3 aromatic rings. The van der Waals surface area contributed by atoms with Gasteiger partial charge in [0.15, 0.2) is 0 Å². The molecular formula is C21H22N4O3S. The minimum atomic E-state index is -0.337. The predicted octanol–water partition coefficient (Wildman–Crippen LogP) is 3.68.